The van der Waals surface area contributed by atoms with E-state index >= 15 is 0 Å². The second-order valence-corrected chi connectivity index (χ2v) is 9.05. The van der Waals surface area contributed by atoms with E-state index in [4.69, 9.17) is 0 Å². The van der Waals surface area contributed by atoms with Gasteiger partial charge in [-0.05, 0) is 62.5 Å². The highest BCUT2D eigenvalue weighted by Crippen LogP contribution is 2.22. The number of thiazole rings is 1. The average Bonchev–Trinajstić information content (AvgIpc) is 3.22. The smallest absolute Gasteiger partial charge is 0.251 e. The van der Waals surface area contributed by atoms with E-state index in [2.05, 4.69) is 57.0 Å². The van der Waals surface area contributed by atoms with Crippen molar-refractivity contribution >= 4 is 17.2 Å². The van der Waals surface area contributed by atoms with Crippen molar-refractivity contribution in [1.29, 1.82) is 0 Å². The third-order valence-electron chi connectivity index (χ3n) is 5.64. The molecule has 0 aliphatic carbocycles. The fourth-order valence-electron chi connectivity index (χ4n) is 3.90. The molecule has 1 N–H and O–H groups in total. The monoisotopic (exact) mass is 419 g/mol. The minimum Gasteiger partial charge on any atom is -0.352 e. The summed E-state index contributed by atoms with van der Waals surface area (Å²) in [7, 11) is 0. The summed E-state index contributed by atoms with van der Waals surface area (Å²) in [6.07, 6.45) is 4.77. The van der Waals surface area contributed by atoms with Crippen LogP contribution in [0.4, 0.5) is 0 Å². The van der Waals surface area contributed by atoms with Crippen LogP contribution in [-0.2, 0) is 13.0 Å². The lowest BCUT2D eigenvalue weighted by atomic mass is 10.1. The molecule has 1 amide bonds. The summed E-state index contributed by atoms with van der Waals surface area (Å²) in [6.45, 7) is 6.01. The molecule has 1 aliphatic heterocycles. The van der Waals surface area contributed by atoms with Crippen LogP contribution in [0.1, 0.15) is 45.8 Å². The van der Waals surface area contributed by atoms with Gasteiger partial charge in [0.15, 0.2) is 0 Å². The van der Waals surface area contributed by atoms with Crippen molar-refractivity contribution in [3.63, 3.8) is 0 Å². The Hall–Kier alpha value is -2.50. The maximum atomic E-state index is 12.4. The number of rotatable bonds is 7. The molecule has 1 saturated heterocycles. The first-order valence-electron chi connectivity index (χ1n) is 10.8. The highest BCUT2D eigenvalue weighted by Gasteiger charge is 2.11. The molecule has 2 heterocycles. The molecular weight excluding hydrogens is 390 g/mol. The Morgan fingerprint density at radius 1 is 1.00 bits per heavy atom. The molecule has 4 rings (SSSR count). The summed E-state index contributed by atoms with van der Waals surface area (Å²) in [5, 5.41) is 6.20. The largest absolute Gasteiger partial charge is 0.352 e. The number of piperidine rings is 1. The summed E-state index contributed by atoms with van der Waals surface area (Å²) < 4.78 is 0. The highest BCUT2D eigenvalue weighted by molar-refractivity contribution is 7.09. The summed E-state index contributed by atoms with van der Waals surface area (Å²) >= 11 is 1.67. The van der Waals surface area contributed by atoms with Crippen LogP contribution in [0.3, 0.4) is 0 Å². The van der Waals surface area contributed by atoms with Gasteiger partial charge in [0.1, 0.15) is 0 Å². The van der Waals surface area contributed by atoms with Gasteiger partial charge < -0.3 is 5.32 Å². The first-order valence-corrected chi connectivity index (χ1v) is 11.7. The number of carbonyl (C=O) groups excluding carboxylic acids is 1. The molecule has 0 atom stereocenters. The first kappa shape index (κ1) is 20.8. The van der Waals surface area contributed by atoms with Gasteiger partial charge in [0.05, 0.1) is 10.7 Å². The van der Waals surface area contributed by atoms with Gasteiger partial charge in [0.2, 0.25) is 0 Å². The summed E-state index contributed by atoms with van der Waals surface area (Å²) in [5.41, 5.74) is 5.39. The summed E-state index contributed by atoms with van der Waals surface area (Å²) in [4.78, 5) is 19.5. The maximum Gasteiger partial charge on any atom is 0.251 e. The van der Waals surface area contributed by atoms with Gasteiger partial charge in [-0.25, -0.2) is 4.98 Å². The lowest BCUT2D eigenvalue weighted by Crippen LogP contribution is -2.29. The molecule has 1 aliphatic rings. The van der Waals surface area contributed by atoms with E-state index in [1.165, 1.54) is 43.5 Å². The number of carbonyl (C=O) groups is 1. The number of likely N-dealkylation sites (tertiary alicyclic amines) is 1. The fourth-order valence-corrected chi connectivity index (χ4v) is 4.52. The number of benzene rings is 2. The molecule has 1 aromatic heterocycles. The van der Waals surface area contributed by atoms with Crippen LogP contribution in [-0.4, -0.2) is 35.4 Å². The van der Waals surface area contributed by atoms with E-state index in [0.717, 1.165) is 34.8 Å². The molecule has 0 bridgehead atoms. The van der Waals surface area contributed by atoms with Gasteiger partial charge in [0, 0.05) is 29.6 Å². The Kier molecular flexibility index (Phi) is 6.92. The van der Waals surface area contributed by atoms with E-state index in [9.17, 15) is 4.79 Å². The van der Waals surface area contributed by atoms with Crippen LogP contribution >= 0.6 is 11.3 Å². The molecule has 0 unspecified atom stereocenters. The third kappa shape index (κ3) is 5.55. The molecule has 5 heteroatoms. The number of aryl methyl sites for hydroxylation is 1. The topological polar surface area (TPSA) is 45.2 Å². The van der Waals surface area contributed by atoms with E-state index in [0.29, 0.717) is 6.54 Å². The number of aromatic nitrogens is 1. The normalized spacial score (nSPS) is 14.6. The maximum absolute atomic E-state index is 12.4. The van der Waals surface area contributed by atoms with Crippen molar-refractivity contribution in [2.24, 2.45) is 0 Å². The van der Waals surface area contributed by atoms with E-state index in [1.54, 1.807) is 11.3 Å². The van der Waals surface area contributed by atoms with Crippen molar-refractivity contribution in [2.45, 2.75) is 39.2 Å². The van der Waals surface area contributed by atoms with Gasteiger partial charge in [-0.2, -0.15) is 0 Å². The van der Waals surface area contributed by atoms with Crippen LogP contribution in [0.25, 0.3) is 11.3 Å². The molecule has 30 heavy (non-hydrogen) atoms. The van der Waals surface area contributed by atoms with Crippen LogP contribution in [0.2, 0.25) is 0 Å². The van der Waals surface area contributed by atoms with Crippen LogP contribution < -0.4 is 5.32 Å². The Balaban J connectivity index is 1.24. The van der Waals surface area contributed by atoms with Crippen molar-refractivity contribution in [3.05, 3.63) is 75.6 Å². The Morgan fingerprint density at radius 2 is 1.70 bits per heavy atom. The lowest BCUT2D eigenvalue weighted by molar-refractivity contribution is 0.0954. The van der Waals surface area contributed by atoms with Crippen LogP contribution in [0.5, 0.6) is 0 Å². The zero-order chi connectivity index (χ0) is 20.8. The summed E-state index contributed by atoms with van der Waals surface area (Å²) in [6, 6.07) is 16.5. The Morgan fingerprint density at radius 3 is 2.37 bits per heavy atom. The van der Waals surface area contributed by atoms with E-state index < -0.39 is 0 Å². The average molecular weight is 420 g/mol. The van der Waals surface area contributed by atoms with Gasteiger partial charge >= 0.3 is 0 Å². The molecule has 0 spiro atoms. The number of nitrogens with one attached hydrogen (secondary N) is 1. The number of hydrogen-bond acceptors (Lipinski definition) is 4. The van der Waals surface area contributed by atoms with Gasteiger partial charge in [-0.15, -0.1) is 11.3 Å². The quantitative estimate of drug-likeness (QED) is 0.581. The third-order valence-corrected chi connectivity index (χ3v) is 6.41. The minimum absolute atomic E-state index is 0.00547. The van der Waals surface area contributed by atoms with Gasteiger partial charge in [0.25, 0.3) is 5.91 Å². The Bertz CT molecular complexity index is 957. The lowest BCUT2D eigenvalue weighted by Gasteiger charge is -2.26. The van der Waals surface area contributed by atoms with E-state index in [1.807, 2.05) is 19.1 Å². The van der Waals surface area contributed by atoms with Crippen molar-refractivity contribution in [1.82, 2.24) is 15.2 Å². The predicted molar refractivity (Wildman–Crippen MR) is 124 cm³/mol. The molecule has 3 aromatic rings. The molecule has 4 nitrogen and oxygen atoms in total. The number of nitrogens with zero attached hydrogens (tertiary/aromatic N) is 2. The van der Waals surface area contributed by atoms with Gasteiger partial charge in [-0.3, -0.25) is 9.69 Å². The predicted octanol–water partition coefficient (Wildman–Crippen LogP) is 5.08. The first-order chi connectivity index (χ1) is 14.7. The zero-order valence-corrected chi connectivity index (χ0v) is 18.4. The molecule has 0 saturated carbocycles. The number of hydrogen-bond donors (Lipinski definition) is 1. The zero-order valence-electron chi connectivity index (χ0n) is 17.6. The minimum atomic E-state index is -0.00547. The van der Waals surface area contributed by atoms with Crippen molar-refractivity contribution in [3.8, 4) is 11.3 Å². The molecule has 1 fully saturated rings. The molecular formula is C25H29N3OS. The summed E-state index contributed by atoms with van der Waals surface area (Å²) in [5.74, 6) is -0.00547. The molecule has 0 radical (unpaired) electrons. The fraction of sp³-hybridized carbons (Fsp3) is 0.360. The molecule has 2 aromatic carbocycles. The second-order valence-electron chi connectivity index (χ2n) is 7.99. The van der Waals surface area contributed by atoms with Gasteiger partial charge in [-0.1, -0.05) is 42.8 Å². The Labute approximate surface area is 183 Å². The highest BCUT2D eigenvalue weighted by atomic mass is 32.1. The standard InChI is InChI=1S/C25H29N3OS/c1-19-27-24(18-30-19)22-9-5-20(6-10-22)13-14-26-25(29)23-11-7-21(8-12-23)17-28-15-3-2-4-16-28/h5-12,18H,2-4,13-17H2,1H3,(H,26,29). The molecule has 156 valence electrons. The number of amides is 1. The van der Waals surface area contributed by atoms with Crippen LogP contribution in [0, 0.1) is 6.92 Å². The van der Waals surface area contributed by atoms with Crippen molar-refractivity contribution in [2.75, 3.05) is 19.6 Å². The van der Waals surface area contributed by atoms with Crippen LogP contribution in [0.15, 0.2) is 53.9 Å². The van der Waals surface area contributed by atoms with E-state index in [-0.39, 0.29) is 5.91 Å². The second kappa shape index (κ2) is 10.0. The SMILES string of the molecule is Cc1nc(-c2ccc(CCNC(=O)c3ccc(CN4CCCCC4)cc3)cc2)cs1. The van der Waals surface area contributed by atoms with Crippen molar-refractivity contribution < 1.29 is 4.79 Å².